The van der Waals surface area contributed by atoms with E-state index < -0.39 is 11.6 Å². The smallest absolute Gasteiger partial charge is 0.227 e. The summed E-state index contributed by atoms with van der Waals surface area (Å²) in [4.78, 5) is 13.9. The molecule has 0 aliphatic carbocycles. The van der Waals surface area contributed by atoms with Crippen molar-refractivity contribution in [2.24, 2.45) is 5.92 Å². The van der Waals surface area contributed by atoms with E-state index >= 15 is 0 Å². The summed E-state index contributed by atoms with van der Waals surface area (Å²) >= 11 is 0. The second kappa shape index (κ2) is 6.79. The van der Waals surface area contributed by atoms with Crippen LogP contribution in [0.1, 0.15) is 24.8 Å². The Bertz CT molecular complexity index is 477. The minimum atomic E-state index is -0.924. The molecule has 1 N–H and O–H groups in total. The quantitative estimate of drug-likeness (QED) is 0.919. The molecule has 2 rings (SSSR count). The fraction of sp³-hybridized carbons (Fsp3) is 0.533. The van der Waals surface area contributed by atoms with E-state index in [4.69, 9.17) is 5.11 Å². The lowest BCUT2D eigenvalue weighted by Gasteiger charge is -2.32. The summed E-state index contributed by atoms with van der Waals surface area (Å²) in [5.74, 6) is -1.56. The number of benzene rings is 1. The first-order valence-corrected chi connectivity index (χ1v) is 6.92. The summed E-state index contributed by atoms with van der Waals surface area (Å²) in [5.41, 5.74) is 0.484. The largest absolute Gasteiger partial charge is 0.396 e. The van der Waals surface area contributed by atoms with E-state index in [0.29, 0.717) is 31.0 Å². The van der Waals surface area contributed by atoms with Crippen LogP contribution in [-0.4, -0.2) is 35.6 Å². The maximum absolute atomic E-state index is 13.1. The number of halogens is 2. The summed E-state index contributed by atoms with van der Waals surface area (Å²) in [6, 6.07) is 3.55. The molecule has 0 bridgehead atoms. The molecule has 1 aliphatic heterocycles. The molecule has 0 aromatic heterocycles. The van der Waals surface area contributed by atoms with Gasteiger partial charge in [0.2, 0.25) is 5.91 Å². The third-order valence-corrected chi connectivity index (χ3v) is 3.75. The van der Waals surface area contributed by atoms with Crippen molar-refractivity contribution in [2.75, 3.05) is 19.7 Å². The number of carbonyl (C=O) groups is 1. The van der Waals surface area contributed by atoms with Crippen LogP contribution in [0.2, 0.25) is 0 Å². The van der Waals surface area contributed by atoms with Gasteiger partial charge in [0, 0.05) is 19.7 Å². The van der Waals surface area contributed by atoms with Crippen LogP contribution >= 0.6 is 0 Å². The molecule has 110 valence electrons. The lowest BCUT2D eigenvalue weighted by Crippen LogP contribution is -2.40. The second-order valence-corrected chi connectivity index (χ2v) is 5.29. The van der Waals surface area contributed by atoms with Crippen molar-refractivity contribution >= 4 is 5.91 Å². The van der Waals surface area contributed by atoms with Gasteiger partial charge in [0.25, 0.3) is 0 Å². The first-order valence-electron chi connectivity index (χ1n) is 6.92. The Morgan fingerprint density at radius 1 is 1.35 bits per heavy atom. The van der Waals surface area contributed by atoms with Gasteiger partial charge in [-0.3, -0.25) is 4.79 Å². The maximum atomic E-state index is 13.1. The number of piperidine rings is 1. The van der Waals surface area contributed by atoms with Crippen LogP contribution in [0.3, 0.4) is 0 Å². The number of carbonyl (C=O) groups excluding carboxylic acids is 1. The lowest BCUT2D eigenvalue weighted by molar-refractivity contribution is -0.132. The SMILES string of the molecule is O=C(Cc1ccc(F)c(F)c1)N1CCCC(CCO)C1. The van der Waals surface area contributed by atoms with Gasteiger partial charge in [-0.05, 0) is 42.9 Å². The number of hydrogen-bond donors (Lipinski definition) is 1. The van der Waals surface area contributed by atoms with Crippen molar-refractivity contribution in [1.82, 2.24) is 4.90 Å². The van der Waals surface area contributed by atoms with Crippen LogP contribution in [0.15, 0.2) is 18.2 Å². The van der Waals surface area contributed by atoms with Gasteiger partial charge in [0.1, 0.15) is 0 Å². The van der Waals surface area contributed by atoms with E-state index in [0.717, 1.165) is 25.0 Å². The van der Waals surface area contributed by atoms with E-state index in [9.17, 15) is 13.6 Å². The fourth-order valence-corrected chi connectivity index (χ4v) is 2.65. The average molecular weight is 283 g/mol. The van der Waals surface area contributed by atoms with Gasteiger partial charge < -0.3 is 10.0 Å². The number of hydrogen-bond acceptors (Lipinski definition) is 2. The van der Waals surface area contributed by atoms with E-state index in [1.165, 1.54) is 6.07 Å². The van der Waals surface area contributed by atoms with Gasteiger partial charge in [0.15, 0.2) is 11.6 Å². The molecule has 0 radical (unpaired) electrons. The Labute approximate surface area is 117 Å². The Balaban J connectivity index is 1.95. The molecular weight excluding hydrogens is 264 g/mol. The molecule has 1 aromatic carbocycles. The molecule has 3 nitrogen and oxygen atoms in total. The van der Waals surface area contributed by atoms with E-state index in [2.05, 4.69) is 0 Å². The van der Waals surface area contributed by atoms with Crippen molar-refractivity contribution < 1.29 is 18.7 Å². The van der Waals surface area contributed by atoms with Gasteiger partial charge in [-0.2, -0.15) is 0 Å². The molecule has 1 amide bonds. The first kappa shape index (κ1) is 14.9. The predicted octanol–water partition coefficient (Wildman–Crippen LogP) is 2.13. The Morgan fingerprint density at radius 3 is 2.85 bits per heavy atom. The number of rotatable bonds is 4. The highest BCUT2D eigenvalue weighted by Gasteiger charge is 2.23. The average Bonchev–Trinajstić information content (AvgIpc) is 2.43. The molecule has 1 aliphatic rings. The normalized spacial score (nSPS) is 19.1. The molecule has 1 atom stereocenters. The molecule has 1 heterocycles. The number of likely N-dealkylation sites (tertiary alicyclic amines) is 1. The highest BCUT2D eigenvalue weighted by Crippen LogP contribution is 2.20. The van der Waals surface area contributed by atoms with E-state index in [1.807, 2.05) is 0 Å². The Morgan fingerprint density at radius 2 is 2.15 bits per heavy atom. The first-order chi connectivity index (χ1) is 9.60. The molecule has 1 saturated heterocycles. The van der Waals surface area contributed by atoms with Gasteiger partial charge in [0.05, 0.1) is 6.42 Å². The zero-order valence-electron chi connectivity index (χ0n) is 11.3. The van der Waals surface area contributed by atoms with Crippen molar-refractivity contribution in [2.45, 2.75) is 25.7 Å². The zero-order valence-corrected chi connectivity index (χ0v) is 11.3. The van der Waals surface area contributed by atoms with Gasteiger partial charge >= 0.3 is 0 Å². The Kier molecular flexibility index (Phi) is 5.06. The molecule has 20 heavy (non-hydrogen) atoms. The minimum absolute atomic E-state index is 0.0707. The van der Waals surface area contributed by atoms with E-state index in [-0.39, 0.29) is 18.9 Å². The molecule has 1 aromatic rings. The maximum Gasteiger partial charge on any atom is 0.227 e. The van der Waals surface area contributed by atoms with Crippen molar-refractivity contribution in [3.8, 4) is 0 Å². The van der Waals surface area contributed by atoms with Crippen LogP contribution < -0.4 is 0 Å². The third-order valence-electron chi connectivity index (χ3n) is 3.75. The topological polar surface area (TPSA) is 40.5 Å². The fourth-order valence-electron chi connectivity index (χ4n) is 2.65. The highest BCUT2D eigenvalue weighted by atomic mass is 19.2. The standard InChI is InChI=1S/C15H19F2NO2/c16-13-4-3-12(8-14(13)17)9-15(20)18-6-1-2-11(10-18)5-7-19/h3-4,8,11,19H,1-2,5-7,9-10H2. The highest BCUT2D eigenvalue weighted by molar-refractivity contribution is 5.78. The molecule has 0 saturated carbocycles. The summed E-state index contributed by atoms with van der Waals surface area (Å²) in [6.07, 6.45) is 2.74. The van der Waals surface area contributed by atoms with Crippen LogP contribution in [0, 0.1) is 17.6 Å². The number of amides is 1. The number of nitrogens with zero attached hydrogens (tertiary/aromatic N) is 1. The minimum Gasteiger partial charge on any atom is -0.396 e. The van der Waals surface area contributed by atoms with E-state index in [1.54, 1.807) is 4.90 Å². The predicted molar refractivity (Wildman–Crippen MR) is 71.1 cm³/mol. The van der Waals surface area contributed by atoms with Crippen molar-refractivity contribution in [1.29, 1.82) is 0 Å². The summed E-state index contributed by atoms with van der Waals surface area (Å²) in [5, 5.41) is 8.95. The molecule has 0 spiro atoms. The molecule has 1 fully saturated rings. The number of aliphatic hydroxyl groups is 1. The third kappa shape index (κ3) is 3.76. The molecule has 5 heteroatoms. The van der Waals surface area contributed by atoms with Gasteiger partial charge in [-0.15, -0.1) is 0 Å². The van der Waals surface area contributed by atoms with Crippen LogP contribution in [0.5, 0.6) is 0 Å². The van der Waals surface area contributed by atoms with Crippen LogP contribution in [0.4, 0.5) is 8.78 Å². The Hall–Kier alpha value is -1.49. The van der Waals surface area contributed by atoms with Crippen LogP contribution in [-0.2, 0) is 11.2 Å². The van der Waals surface area contributed by atoms with Gasteiger partial charge in [-0.25, -0.2) is 8.78 Å². The zero-order chi connectivity index (χ0) is 14.5. The molecular formula is C15H19F2NO2. The monoisotopic (exact) mass is 283 g/mol. The lowest BCUT2D eigenvalue weighted by atomic mass is 9.94. The van der Waals surface area contributed by atoms with Crippen LogP contribution in [0.25, 0.3) is 0 Å². The molecule has 1 unspecified atom stereocenters. The van der Waals surface area contributed by atoms with Gasteiger partial charge in [-0.1, -0.05) is 6.07 Å². The summed E-state index contributed by atoms with van der Waals surface area (Å²) in [7, 11) is 0. The second-order valence-electron chi connectivity index (χ2n) is 5.29. The van der Waals surface area contributed by atoms with Crippen molar-refractivity contribution in [3.63, 3.8) is 0 Å². The summed E-state index contributed by atoms with van der Waals surface area (Å²) < 4.78 is 25.9. The summed E-state index contributed by atoms with van der Waals surface area (Å²) in [6.45, 7) is 1.48. The van der Waals surface area contributed by atoms with Crippen molar-refractivity contribution in [3.05, 3.63) is 35.4 Å². The number of aliphatic hydroxyl groups excluding tert-OH is 1.